The number of rotatable bonds is 10. The van der Waals surface area contributed by atoms with E-state index in [0.717, 1.165) is 57.8 Å². The van der Waals surface area contributed by atoms with Gasteiger partial charge in [0, 0.05) is 59.5 Å². The van der Waals surface area contributed by atoms with Gasteiger partial charge in [0.1, 0.15) is 0 Å². The minimum absolute atomic E-state index is 0. The number of hydrogen-bond acceptors (Lipinski definition) is 4. The molecule has 0 saturated carbocycles. The Balaban J connectivity index is 0.00000529. The van der Waals surface area contributed by atoms with Gasteiger partial charge in [-0.05, 0) is 39.8 Å². The van der Waals surface area contributed by atoms with Crippen LogP contribution in [0.5, 0.6) is 0 Å². The Labute approximate surface area is 165 Å². The Morgan fingerprint density at radius 2 is 2.00 bits per heavy atom. The first-order valence-electron chi connectivity index (χ1n) is 9.03. The van der Waals surface area contributed by atoms with E-state index in [9.17, 15) is 0 Å². The SMILES string of the molecule is CN=C(NCCN(C)CCCOC)NCCN1CCCCC1C.I. The van der Waals surface area contributed by atoms with Gasteiger partial charge < -0.3 is 20.3 Å². The van der Waals surface area contributed by atoms with Gasteiger partial charge in [0.25, 0.3) is 0 Å². The zero-order valence-electron chi connectivity index (χ0n) is 16.0. The van der Waals surface area contributed by atoms with E-state index < -0.39 is 0 Å². The van der Waals surface area contributed by atoms with Crippen molar-refractivity contribution in [2.24, 2.45) is 4.99 Å². The molecule has 1 rings (SSSR count). The van der Waals surface area contributed by atoms with Crippen LogP contribution in [-0.4, -0.2) is 88.9 Å². The molecule has 0 aromatic heterocycles. The van der Waals surface area contributed by atoms with Gasteiger partial charge in [-0.1, -0.05) is 6.42 Å². The highest BCUT2D eigenvalue weighted by atomic mass is 127. The second-order valence-corrected chi connectivity index (χ2v) is 6.46. The average Bonchev–Trinajstić information content (AvgIpc) is 2.55. The van der Waals surface area contributed by atoms with Gasteiger partial charge >= 0.3 is 0 Å². The van der Waals surface area contributed by atoms with Gasteiger partial charge in [0.2, 0.25) is 0 Å². The van der Waals surface area contributed by atoms with Crippen LogP contribution in [0.2, 0.25) is 0 Å². The molecule has 0 aliphatic carbocycles. The summed E-state index contributed by atoms with van der Waals surface area (Å²) >= 11 is 0. The molecule has 7 heteroatoms. The van der Waals surface area contributed by atoms with Crippen LogP contribution in [0.15, 0.2) is 4.99 Å². The molecule has 0 amide bonds. The summed E-state index contributed by atoms with van der Waals surface area (Å²) in [5.74, 6) is 0.903. The number of ether oxygens (including phenoxy) is 1. The normalized spacial score (nSPS) is 19.2. The maximum atomic E-state index is 5.08. The predicted molar refractivity (Wildman–Crippen MR) is 114 cm³/mol. The minimum Gasteiger partial charge on any atom is -0.385 e. The van der Waals surface area contributed by atoms with Crippen molar-refractivity contribution < 1.29 is 4.74 Å². The average molecular weight is 455 g/mol. The Morgan fingerprint density at radius 3 is 2.67 bits per heavy atom. The maximum absolute atomic E-state index is 5.08. The predicted octanol–water partition coefficient (Wildman–Crippen LogP) is 1.61. The quantitative estimate of drug-likeness (QED) is 0.227. The Hall–Kier alpha value is -0.120. The van der Waals surface area contributed by atoms with Crippen molar-refractivity contribution in [3.05, 3.63) is 0 Å². The van der Waals surface area contributed by atoms with E-state index >= 15 is 0 Å². The minimum atomic E-state index is 0. The van der Waals surface area contributed by atoms with Crippen molar-refractivity contribution in [1.82, 2.24) is 20.4 Å². The van der Waals surface area contributed by atoms with Crippen LogP contribution < -0.4 is 10.6 Å². The summed E-state index contributed by atoms with van der Waals surface area (Å²) in [7, 11) is 5.73. The lowest BCUT2D eigenvalue weighted by Crippen LogP contribution is -2.46. The molecule has 24 heavy (non-hydrogen) atoms. The maximum Gasteiger partial charge on any atom is 0.191 e. The molecule has 6 nitrogen and oxygen atoms in total. The van der Waals surface area contributed by atoms with Crippen LogP contribution in [0.4, 0.5) is 0 Å². The van der Waals surface area contributed by atoms with Crippen LogP contribution in [-0.2, 0) is 4.74 Å². The summed E-state index contributed by atoms with van der Waals surface area (Å²) in [6, 6.07) is 0.723. The van der Waals surface area contributed by atoms with E-state index in [1.807, 2.05) is 7.05 Å². The number of nitrogens with one attached hydrogen (secondary N) is 2. The molecule has 1 heterocycles. The molecule has 0 aromatic carbocycles. The fourth-order valence-corrected chi connectivity index (χ4v) is 2.98. The zero-order chi connectivity index (χ0) is 16.9. The molecule has 1 fully saturated rings. The van der Waals surface area contributed by atoms with Gasteiger partial charge in [-0.2, -0.15) is 0 Å². The van der Waals surface area contributed by atoms with Crippen molar-refractivity contribution >= 4 is 29.9 Å². The monoisotopic (exact) mass is 455 g/mol. The number of likely N-dealkylation sites (tertiary alicyclic amines) is 1. The summed E-state index contributed by atoms with van der Waals surface area (Å²) in [5, 5.41) is 6.81. The lowest BCUT2D eigenvalue weighted by molar-refractivity contribution is 0.163. The number of piperidine rings is 1. The number of likely N-dealkylation sites (N-methyl/N-ethyl adjacent to an activating group) is 1. The Morgan fingerprint density at radius 1 is 1.25 bits per heavy atom. The van der Waals surface area contributed by atoms with E-state index in [-0.39, 0.29) is 24.0 Å². The topological polar surface area (TPSA) is 52.1 Å². The van der Waals surface area contributed by atoms with Gasteiger partial charge in [-0.15, -0.1) is 24.0 Å². The van der Waals surface area contributed by atoms with Crippen LogP contribution in [0.25, 0.3) is 0 Å². The molecule has 0 spiro atoms. The first-order chi connectivity index (χ1) is 11.2. The summed E-state index contributed by atoms with van der Waals surface area (Å²) in [6.07, 6.45) is 5.13. The second-order valence-electron chi connectivity index (χ2n) is 6.46. The van der Waals surface area contributed by atoms with Crippen molar-refractivity contribution in [2.75, 3.05) is 67.1 Å². The molecule has 0 bridgehead atoms. The molecular weight excluding hydrogens is 417 g/mol. The van der Waals surface area contributed by atoms with Gasteiger partial charge in [0.15, 0.2) is 5.96 Å². The van der Waals surface area contributed by atoms with Gasteiger partial charge in [0.05, 0.1) is 0 Å². The molecule has 1 saturated heterocycles. The number of hydrogen-bond donors (Lipinski definition) is 2. The highest BCUT2D eigenvalue weighted by Crippen LogP contribution is 2.15. The van der Waals surface area contributed by atoms with E-state index in [2.05, 4.69) is 39.4 Å². The standard InChI is InChI=1S/C17H37N5O.HI/c1-16-8-5-6-12-22(16)14-10-20-17(18-2)19-9-13-21(3)11-7-15-23-4;/h16H,5-15H2,1-4H3,(H2,18,19,20);1H. The molecule has 2 N–H and O–H groups in total. The molecule has 144 valence electrons. The number of aliphatic imine (C=N–C) groups is 1. The van der Waals surface area contributed by atoms with Crippen molar-refractivity contribution in [1.29, 1.82) is 0 Å². The molecule has 1 aliphatic heterocycles. The van der Waals surface area contributed by atoms with E-state index in [4.69, 9.17) is 4.74 Å². The van der Waals surface area contributed by atoms with Crippen LogP contribution in [0, 0.1) is 0 Å². The third-order valence-corrected chi connectivity index (χ3v) is 4.53. The van der Waals surface area contributed by atoms with E-state index in [1.165, 1.54) is 25.8 Å². The van der Waals surface area contributed by atoms with Gasteiger partial charge in [-0.3, -0.25) is 9.89 Å². The number of guanidine groups is 1. The van der Waals surface area contributed by atoms with Crippen molar-refractivity contribution in [3.8, 4) is 0 Å². The smallest absolute Gasteiger partial charge is 0.191 e. The molecule has 1 aliphatic rings. The van der Waals surface area contributed by atoms with E-state index in [1.54, 1.807) is 7.11 Å². The molecular formula is C17H38IN5O. The van der Waals surface area contributed by atoms with Crippen molar-refractivity contribution in [3.63, 3.8) is 0 Å². The van der Waals surface area contributed by atoms with Gasteiger partial charge in [-0.25, -0.2) is 0 Å². The lowest BCUT2D eigenvalue weighted by Gasteiger charge is -2.33. The Bertz CT molecular complexity index is 330. The van der Waals surface area contributed by atoms with Crippen LogP contribution >= 0.6 is 24.0 Å². The van der Waals surface area contributed by atoms with Crippen LogP contribution in [0.3, 0.4) is 0 Å². The highest BCUT2D eigenvalue weighted by Gasteiger charge is 2.17. The highest BCUT2D eigenvalue weighted by molar-refractivity contribution is 14.0. The number of nitrogens with zero attached hydrogens (tertiary/aromatic N) is 3. The zero-order valence-corrected chi connectivity index (χ0v) is 18.3. The molecule has 0 aromatic rings. The first kappa shape index (κ1) is 23.9. The second kappa shape index (κ2) is 15.2. The third-order valence-electron chi connectivity index (χ3n) is 4.53. The van der Waals surface area contributed by atoms with E-state index in [0.29, 0.717) is 0 Å². The summed E-state index contributed by atoms with van der Waals surface area (Å²) in [5.41, 5.74) is 0. The van der Waals surface area contributed by atoms with Crippen molar-refractivity contribution in [2.45, 2.75) is 38.6 Å². The first-order valence-corrected chi connectivity index (χ1v) is 9.03. The number of methoxy groups -OCH3 is 1. The summed E-state index contributed by atoms with van der Waals surface area (Å²) in [4.78, 5) is 9.19. The largest absolute Gasteiger partial charge is 0.385 e. The summed E-state index contributed by atoms with van der Waals surface area (Å²) < 4.78 is 5.08. The van der Waals surface area contributed by atoms with Crippen LogP contribution in [0.1, 0.15) is 32.6 Å². The summed E-state index contributed by atoms with van der Waals surface area (Å²) in [6.45, 7) is 9.43. The molecule has 1 unspecified atom stereocenters. The molecule has 0 radical (unpaired) electrons. The fraction of sp³-hybridized carbons (Fsp3) is 0.941. The lowest BCUT2D eigenvalue weighted by atomic mass is 10.0. The third kappa shape index (κ3) is 10.7. The number of halogens is 1. The molecule has 1 atom stereocenters. The fourth-order valence-electron chi connectivity index (χ4n) is 2.98. The Kier molecular flexibility index (Phi) is 15.1.